The van der Waals surface area contributed by atoms with Gasteiger partial charge in [-0.3, -0.25) is 4.79 Å². The van der Waals surface area contributed by atoms with Crippen LogP contribution in [0.15, 0.2) is 24.3 Å². The second kappa shape index (κ2) is 5.42. The summed E-state index contributed by atoms with van der Waals surface area (Å²) in [5, 5.41) is 10.7. The molecule has 4 saturated carbocycles. The van der Waals surface area contributed by atoms with Crippen LogP contribution in [0.25, 0.3) is 0 Å². The Morgan fingerprint density at radius 3 is 2.46 bits per heavy atom. The molecule has 5 rings (SSSR count). The number of carbonyl (C=O) groups excluding carboxylic acids is 1. The Bertz CT molecular complexity index is 644. The second-order valence-electron chi connectivity index (χ2n) is 9.48. The molecule has 130 valence electrons. The second-order valence-corrected chi connectivity index (χ2v) is 9.48. The molecule has 1 aromatic carbocycles. The van der Waals surface area contributed by atoms with E-state index in [9.17, 15) is 9.90 Å². The van der Waals surface area contributed by atoms with Gasteiger partial charge in [0.15, 0.2) is 0 Å². The zero-order valence-corrected chi connectivity index (χ0v) is 15.2. The Labute approximate surface area is 145 Å². The number of Topliss-reactive ketones (excluding diaryl/α,β-unsaturated/α-hetero) is 1. The van der Waals surface area contributed by atoms with Crippen LogP contribution in [-0.4, -0.2) is 16.5 Å². The quantitative estimate of drug-likeness (QED) is 0.889. The van der Waals surface area contributed by atoms with Crippen molar-refractivity contribution in [3.05, 3.63) is 35.4 Å². The standard InChI is InChI=1S/C22H30O2/c1-14-5-4-6-18(7-14)21(2,3)20(23)10-19-16-8-15-9-17(19)13-22(24,11-15)12-16/h4-7,15-17,19,24H,8-13H2,1-3H3. The first-order valence-electron chi connectivity index (χ1n) is 9.60. The Morgan fingerprint density at radius 1 is 1.21 bits per heavy atom. The van der Waals surface area contributed by atoms with Crippen LogP contribution in [0.3, 0.4) is 0 Å². The molecule has 4 aliphatic carbocycles. The zero-order chi connectivity index (χ0) is 17.1. The molecule has 2 unspecified atom stereocenters. The molecule has 2 atom stereocenters. The van der Waals surface area contributed by atoms with E-state index in [1.807, 2.05) is 0 Å². The number of aryl methyl sites for hydroxylation is 1. The summed E-state index contributed by atoms with van der Waals surface area (Å²) in [4.78, 5) is 13.2. The van der Waals surface area contributed by atoms with E-state index in [0.717, 1.165) is 24.8 Å². The van der Waals surface area contributed by atoms with Crippen LogP contribution in [0, 0.1) is 30.6 Å². The maximum Gasteiger partial charge on any atom is 0.143 e. The molecule has 2 heteroatoms. The van der Waals surface area contributed by atoms with Crippen LogP contribution >= 0.6 is 0 Å². The summed E-state index contributed by atoms with van der Waals surface area (Å²) in [5.41, 5.74) is 1.53. The first-order chi connectivity index (χ1) is 11.3. The largest absolute Gasteiger partial charge is 0.390 e. The van der Waals surface area contributed by atoms with Gasteiger partial charge in [0.05, 0.1) is 5.60 Å². The van der Waals surface area contributed by atoms with Crippen LogP contribution in [0.5, 0.6) is 0 Å². The van der Waals surface area contributed by atoms with Gasteiger partial charge >= 0.3 is 0 Å². The number of carbonyl (C=O) groups is 1. The third-order valence-electron chi connectivity index (χ3n) is 7.29. The summed E-state index contributed by atoms with van der Waals surface area (Å²) in [5.74, 6) is 2.72. The molecule has 4 aliphatic rings. The number of rotatable bonds is 4. The van der Waals surface area contributed by atoms with Gasteiger partial charge < -0.3 is 5.11 Å². The van der Waals surface area contributed by atoms with Gasteiger partial charge in [-0.2, -0.15) is 0 Å². The van der Waals surface area contributed by atoms with Gasteiger partial charge in [0.1, 0.15) is 5.78 Å². The number of hydrogen-bond donors (Lipinski definition) is 1. The smallest absolute Gasteiger partial charge is 0.143 e. The average molecular weight is 326 g/mol. The molecule has 4 fully saturated rings. The van der Waals surface area contributed by atoms with E-state index in [4.69, 9.17) is 0 Å². The highest BCUT2D eigenvalue weighted by atomic mass is 16.3. The Kier molecular flexibility index (Phi) is 3.69. The van der Waals surface area contributed by atoms with Crippen molar-refractivity contribution in [3.63, 3.8) is 0 Å². The van der Waals surface area contributed by atoms with Gasteiger partial charge in [-0.1, -0.05) is 29.8 Å². The van der Waals surface area contributed by atoms with E-state index in [1.54, 1.807) is 0 Å². The van der Waals surface area contributed by atoms with Crippen molar-refractivity contribution in [2.24, 2.45) is 23.7 Å². The minimum Gasteiger partial charge on any atom is -0.390 e. The first-order valence-corrected chi connectivity index (χ1v) is 9.60. The van der Waals surface area contributed by atoms with Crippen LogP contribution in [0.2, 0.25) is 0 Å². The predicted octanol–water partition coefficient (Wildman–Crippen LogP) is 4.42. The molecule has 24 heavy (non-hydrogen) atoms. The van der Waals surface area contributed by atoms with Gasteiger partial charge in [0.2, 0.25) is 0 Å². The maximum atomic E-state index is 13.2. The SMILES string of the molecule is Cc1cccc(C(C)(C)C(=O)CC2C3CC4CC2CC(O)(C4)C3)c1. The van der Waals surface area contributed by atoms with Crippen molar-refractivity contribution in [3.8, 4) is 0 Å². The van der Waals surface area contributed by atoms with Crippen molar-refractivity contribution in [2.75, 3.05) is 0 Å². The zero-order valence-electron chi connectivity index (χ0n) is 15.2. The van der Waals surface area contributed by atoms with E-state index in [1.165, 1.54) is 18.4 Å². The minimum atomic E-state index is -0.419. The fourth-order valence-corrected chi connectivity index (χ4v) is 6.08. The molecular weight excluding hydrogens is 296 g/mol. The van der Waals surface area contributed by atoms with Crippen molar-refractivity contribution in [1.29, 1.82) is 0 Å². The molecule has 0 amide bonds. The topological polar surface area (TPSA) is 37.3 Å². The van der Waals surface area contributed by atoms with Crippen LogP contribution < -0.4 is 0 Å². The van der Waals surface area contributed by atoms with E-state index in [-0.39, 0.29) is 0 Å². The summed E-state index contributed by atoms with van der Waals surface area (Å²) in [7, 11) is 0. The van der Waals surface area contributed by atoms with E-state index in [2.05, 4.69) is 45.0 Å². The van der Waals surface area contributed by atoms with Gasteiger partial charge in [-0.05, 0) is 82.1 Å². The van der Waals surface area contributed by atoms with Crippen LogP contribution in [0.4, 0.5) is 0 Å². The van der Waals surface area contributed by atoms with Crippen molar-refractivity contribution in [1.82, 2.24) is 0 Å². The average Bonchev–Trinajstić information content (AvgIpc) is 2.49. The molecule has 0 radical (unpaired) electrons. The van der Waals surface area contributed by atoms with Crippen molar-refractivity contribution < 1.29 is 9.90 Å². The fourth-order valence-electron chi connectivity index (χ4n) is 6.08. The summed E-state index contributed by atoms with van der Waals surface area (Å²) in [6, 6.07) is 8.38. The van der Waals surface area contributed by atoms with E-state index >= 15 is 0 Å². The lowest BCUT2D eigenvalue weighted by atomic mass is 9.49. The van der Waals surface area contributed by atoms with Gasteiger partial charge in [-0.15, -0.1) is 0 Å². The summed E-state index contributed by atoms with van der Waals surface area (Å²) >= 11 is 0. The molecule has 2 nitrogen and oxygen atoms in total. The molecule has 0 spiro atoms. The van der Waals surface area contributed by atoms with Crippen molar-refractivity contribution in [2.45, 2.75) is 70.3 Å². The summed E-state index contributed by atoms with van der Waals surface area (Å²) in [6.45, 7) is 6.24. The van der Waals surface area contributed by atoms with Gasteiger partial charge in [0.25, 0.3) is 0 Å². The maximum absolute atomic E-state index is 13.2. The van der Waals surface area contributed by atoms with E-state index < -0.39 is 11.0 Å². The Balaban J connectivity index is 1.52. The molecule has 0 saturated heterocycles. The molecule has 1 aromatic rings. The lowest BCUT2D eigenvalue weighted by Gasteiger charge is -2.58. The van der Waals surface area contributed by atoms with Gasteiger partial charge in [0, 0.05) is 11.8 Å². The molecular formula is C22H30O2. The molecule has 1 N–H and O–H groups in total. The van der Waals surface area contributed by atoms with Crippen molar-refractivity contribution >= 4 is 5.78 Å². The molecule has 0 aromatic heterocycles. The van der Waals surface area contributed by atoms with Crippen LogP contribution in [0.1, 0.15) is 63.5 Å². The third kappa shape index (κ3) is 2.63. The minimum absolute atomic E-state index is 0.373. The molecule has 0 aliphatic heterocycles. The summed E-state index contributed by atoms with van der Waals surface area (Å²) < 4.78 is 0. The lowest BCUT2D eigenvalue weighted by Crippen LogP contribution is -2.55. The monoisotopic (exact) mass is 326 g/mol. The highest BCUT2D eigenvalue weighted by Crippen LogP contribution is 2.59. The number of ketones is 1. The molecule has 4 bridgehead atoms. The third-order valence-corrected chi connectivity index (χ3v) is 7.29. The number of benzene rings is 1. The lowest BCUT2D eigenvalue weighted by molar-refractivity contribution is -0.158. The highest BCUT2D eigenvalue weighted by molar-refractivity contribution is 5.89. The number of hydrogen-bond acceptors (Lipinski definition) is 2. The molecule has 0 heterocycles. The highest BCUT2D eigenvalue weighted by Gasteiger charge is 2.55. The van der Waals surface area contributed by atoms with Crippen LogP contribution in [-0.2, 0) is 10.2 Å². The number of aliphatic hydroxyl groups is 1. The van der Waals surface area contributed by atoms with E-state index in [0.29, 0.717) is 35.9 Å². The fraction of sp³-hybridized carbons (Fsp3) is 0.682. The first kappa shape index (κ1) is 16.3. The Hall–Kier alpha value is -1.15. The normalized spacial score (nSPS) is 37.7. The van der Waals surface area contributed by atoms with Gasteiger partial charge in [-0.25, -0.2) is 0 Å². The summed E-state index contributed by atoms with van der Waals surface area (Å²) in [6.07, 6.45) is 6.05. The predicted molar refractivity (Wildman–Crippen MR) is 95.8 cm³/mol. The Morgan fingerprint density at radius 2 is 1.88 bits per heavy atom.